The van der Waals surface area contributed by atoms with Crippen molar-refractivity contribution in [2.24, 2.45) is 0 Å². The summed E-state index contributed by atoms with van der Waals surface area (Å²) in [6.45, 7) is 5.61. The molecule has 0 aliphatic heterocycles. The number of unbranched alkanes of at least 4 members (excludes halogenated alkanes) is 1. The maximum absolute atomic E-state index is 6.25. The molecule has 31 heavy (non-hydrogen) atoms. The molecule has 0 aliphatic carbocycles. The zero-order valence-corrected chi connectivity index (χ0v) is 19.4. The molecule has 160 valence electrons. The molecule has 3 nitrogen and oxygen atoms in total. The van der Waals surface area contributed by atoms with E-state index < -0.39 is 0 Å². The number of hydrogen-bond acceptors (Lipinski definition) is 2. The van der Waals surface area contributed by atoms with Gasteiger partial charge in [-0.15, -0.1) is 0 Å². The topological polar surface area (TPSA) is 27.1 Å². The highest BCUT2D eigenvalue weighted by Crippen LogP contribution is 2.26. The lowest BCUT2D eigenvalue weighted by Crippen LogP contribution is -2.07. The molecular weight excluding hydrogens is 427 g/mol. The zero-order chi connectivity index (χ0) is 21.8. The molecule has 0 fully saturated rings. The molecular formula is C26H26Cl2N2O. The third-order valence-electron chi connectivity index (χ3n) is 5.46. The van der Waals surface area contributed by atoms with Crippen LogP contribution in [0, 0.1) is 13.8 Å². The van der Waals surface area contributed by atoms with Crippen molar-refractivity contribution in [3.8, 4) is 5.75 Å². The molecule has 0 unspecified atom stereocenters. The number of benzene rings is 3. The number of imidazole rings is 1. The summed E-state index contributed by atoms with van der Waals surface area (Å²) in [6, 6.07) is 20.3. The van der Waals surface area contributed by atoms with Crippen molar-refractivity contribution in [3.05, 3.63) is 93.2 Å². The second-order valence-electron chi connectivity index (χ2n) is 7.90. The van der Waals surface area contributed by atoms with Crippen LogP contribution in [0.5, 0.6) is 5.75 Å². The predicted molar refractivity (Wildman–Crippen MR) is 130 cm³/mol. The van der Waals surface area contributed by atoms with E-state index in [1.807, 2.05) is 44.2 Å². The molecule has 0 N–H and O–H groups in total. The van der Waals surface area contributed by atoms with Crippen LogP contribution in [0.3, 0.4) is 0 Å². The number of halogens is 2. The Morgan fingerprint density at radius 2 is 1.61 bits per heavy atom. The van der Waals surface area contributed by atoms with Gasteiger partial charge in [-0.25, -0.2) is 4.98 Å². The van der Waals surface area contributed by atoms with Gasteiger partial charge in [0.1, 0.15) is 11.6 Å². The Bertz CT molecular complexity index is 1160. The molecule has 5 heteroatoms. The molecule has 1 aromatic heterocycles. The van der Waals surface area contributed by atoms with E-state index in [1.54, 1.807) is 0 Å². The average Bonchev–Trinajstić information content (AvgIpc) is 3.10. The number of rotatable bonds is 8. The Balaban J connectivity index is 1.41. The van der Waals surface area contributed by atoms with Gasteiger partial charge in [-0.05, 0) is 79.8 Å². The Hall–Kier alpha value is -2.49. The van der Waals surface area contributed by atoms with Crippen LogP contribution in [-0.2, 0) is 13.0 Å². The van der Waals surface area contributed by atoms with E-state index in [0.717, 1.165) is 64.1 Å². The summed E-state index contributed by atoms with van der Waals surface area (Å²) in [5.74, 6) is 1.96. The molecule has 0 saturated heterocycles. The van der Waals surface area contributed by atoms with Gasteiger partial charge in [0.05, 0.1) is 17.6 Å². The van der Waals surface area contributed by atoms with E-state index >= 15 is 0 Å². The van der Waals surface area contributed by atoms with Crippen molar-refractivity contribution in [1.82, 2.24) is 9.55 Å². The summed E-state index contributed by atoms with van der Waals surface area (Å²) < 4.78 is 8.30. The molecule has 1 heterocycles. The first-order valence-corrected chi connectivity index (χ1v) is 11.3. The van der Waals surface area contributed by atoms with Crippen molar-refractivity contribution in [2.75, 3.05) is 6.61 Å². The first-order chi connectivity index (χ1) is 15.0. The summed E-state index contributed by atoms with van der Waals surface area (Å²) in [7, 11) is 0. The molecule has 0 bridgehead atoms. The quantitative estimate of drug-likeness (QED) is 0.260. The number of aryl methyl sites for hydroxylation is 3. The van der Waals surface area contributed by atoms with Crippen LogP contribution in [0.25, 0.3) is 11.0 Å². The zero-order valence-electron chi connectivity index (χ0n) is 17.9. The Kier molecular flexibility index (Phi) is 6.84. The molecule has 0 amide bonds. The summed E-state index contributed by atoms with van der Waals surface area (Å²) in [6.07, 6.45) is 2.76. The average molecular weight is 453 g/mol. The van der Waals surface area contributed by atoms with Crippen LogP contribution < -0.4 is 4.74 Å². The van der Waals surface area contributed by atoms with E-state index in [2.05, 4.69) is 34.9 Å². The molecule has 4 rings (SSSR count). The minimum atomic E-state index is 0.680. The lowest BCUT2D eigenvalue weighted by atomic mass is 10.1. The van der Waals surface area contributed by atoms with Gasteiger partial charge in [0.15, 0.2) is 0 Å². The molecule has 0 saturated carbocycles. The van der Waals surface area contributed by atoms with Crippen molar-refractivity contribution < 1.29 is 4.74 Å². The number of aromatic nitrogens is 2. The molecule has 4 aromatic rings. The molecule has 3 aromatic carbocycles. The van der Waals surface area contributed by atoms with E-state index in [9.17, 15) is 0 Å². The summed E-state index contributed by atoms with van der Waals surface area (Å²) in [4.78, 5) is 4.89. The summed E-state index contributed by atoms with van der Waals surface area (Å²) >= 11 is 12.3. The van der Waals surface area contributed by atoms with E-state index in [1.165, 1.54) is 11.1 Å². The molecule has 0 radical (unpaired) electrons. The molecule has 0 spiro atoms. The second kappa shape index (κ2) is 9.76. The van der Waals surface area contributed by atoms with Gasteiger partial charge in [-0.2, -0.15) is 0 Å². The van der Waals surface area contributed by atoms with Gasteiger partial charge in [0.25, 0.3) is 0 Å². The fourth-order valence-electron chi connectivity index (χ4n) is 3.85. The third-order valence-corrected chi connectivity index (χ3v) is 6.31. The highest BCUT2D eigenvalue weighted by Gasteiger charge is 2.11. The van der Waals surface area contributed by atoms with E-state index in [0.29, 0.717) is 6.61 Å². The van der Waals surface area contributed by atoms with Gasteiger partial charge in [-0.1, -0.05) is 47.5 Å². The van der Waals surface area contributed by atoms with Crippen molar-refractivity contribution in [2.45, 2.75) is 39.7 Å². The van der Waals surface area contributed by atoms with Gasteiger partial charge < -0.3 is 9.30 Å². The number of ether oxygens (including phenoxy) is 1. The predicted octanol–water partition coefficient (Wildman–Crippen LogP) is 7.41. The summed E-state index contributed by atoms with van der Waals surface area (Å²) in [5.41, 5.74) is 5.52. The fraction of sp³-hybridized carbons (Fsp3) is 0.269. The first kappa shape index (κ1) is 21.7. The minimum Gasteiger partial charge on any atom is -0.494 e. The van der Waals surface area contributed by atoms with E-state index in [-0.39, 0.29) is 0 Å². The van der Waals surface area contributed by atoms with Crippen LogP contribution in [-0.4, -0.2) is 16.2 Å². The highest BCUT2D eigenvalue weighted by atomic mass is 35.5. The fourth-order valence-corrected chi connectivity index (χ4v) is 4.08. The number of nitrogens with zero attached hydrogens (tertiary/aromatic N) is 2. The Morgan fingerprint density at radius 3 is 2.35 bits per heavy atom. The lowest BCUT2D eigenvalue weighted by Gasteiger charge is -2.12. The van der Waals surface area contributed by atoms with Gasteiger partial charge in [0, 0.05) is 23.0 Å². The number of hydrogen-bond donors (Lipinski definition) is 0. The Labute approximate surface area is 193 Å². The lowest BCUT2D eigenvalue weighted by molar-refractivity contribution is 0.303. The maximum atomic E-state index is 6.25. The van der Waals surface area contributed by atoms with Gasteiger partial charge in [-0.3, -0.25) is 0 Å². The first-order valence-electron chi connectivity index (χ1n) is 10.6. The van der Waals surface area contributed by atoms with Crippen LogP contribution in [0.15, 0.2) is 60.7 Å². The third kappa shape index (κ3) is 5.23. The number of para-hydroxylation sites is 2. The molecule has 0 atom stereocenters. The summed E-state index contributed by atoms with van der Waals surface area (Å²) in [5, 5.41) is 1.57. The van der Waals surface area contributed by atoms with Crippen LogP contribution >= 0.6 is 23.2 Å². The van der Waals surface area contributed by atoms with Crippen LogP contribution in [0.2, 0.25) is 10.0 Å². The number of fused-ring (bicyclic) bond motifs is 1. The van der Waals surface area contributed by atoms with Crippen molar-refractivity contribution >= 4 is 34.2 Å². The second-order valence-corrected chi connectivity index (χ2v) is 8.71. The SMILES string of the molecule is Cc1cc(OCCCCn2c(Cc3ccc(Cl)cc3)nc3ccccc32)cc(C)c1Cl. The van der Waals surface area contributed by atoms with Gasteiger partial charge >= 0.3 is 0 Å². The molecule has 0 aliphatic rings. The van der Waals surface area contributed by atoms with Crippen LogP contribution in [0.1, 0.15) is 35.4 Å². The van der Waals surface area contributed by atoms with Crippen molar-refractivity contribution in [1.29, 1.82) is 0 Å². The maximum Gasteiger partial charge on any atom is 0.119 e. The smallest absolute Gasteiger partial charge is 0.119 e. The van der Waals surface area contributed by atoms with E-state index in [4.69, 9.17) is 32.9 Å². The standard InChI is InChI=1S/C26H26Cl2N2O/c1-18-15-22(16-19(2)26(18)28)31-14-6-5-13-30-24-8-4-3-7-23(24)29-25(30)17-20-9-11-21(27)12-10-20/h3-4,7-12,15-16H,5-6,13-14,17H2,1-2H3. The monoisotopic (exact) mass is 452 g/mol. The Morgan fingerprint density at radius 1 is 0.903 bits per heavy atom. The van der Waals surface area contributed by atoms with Gasteiger partial charge in [0.2, 0.25) is 0 Å². The minimum absolute atomic E-state index is 0.680. The largest absolute Gasteiger partial charge is 0.494 e. The highest BCUT2D eigenvalue weighted by molar-refractivity contribution is 6.32. The normalized spacial score (nSPS) is 11.2. The van der Waals surface area contributed by atoms with Crippen LogP contribution in [0.4, 0.5) is 0 Å². The van der Waals surface area contributed by atoms with Crippen molar-refractivity contribution in [3.63, 3.8) is 0 Å².